The molecular weight excluding hydrogens is 416 g/mol. The van der Waals surface area contributed by atoms with Crippen LogP contribution in [0.4, 0.5) is 5.69 Å². The number of benzene rings is 1. The molecule has 0 spiro atoms. The lowest BCUT2D eigenvalue weighted by Gasteiger charge is -2.30. The number of hydrogen-bond donors (Lipinski definition) is 2. The number of hydrogen-bond acceptors (Lipinski definition) is 5. The SMILES string of the molecule is Cc1cc(C)c(NC(=O)CNC(=O)C2CCN(S(=O)(=O)c3cccnc3)CC2)c(C)c1. The first-order valence-electron chi connectivity index (χ1n) is 10.2. The molecule has 2 aromatic rings. The van der Waals surface area contributed by atoms with Crippen LogP contribution in [0.2, 0.25) is 0 Å². The third-order valence-electron chi connectivity index (χ3n) is 5.46. The van der Waals surface area contributed by atoms with Crippen molar-refractivity contribution in [3.05, 3.63) is 53.3 Å². The quantitative estimate of drug-likeness (QED) is 0.710. The van der Waals surface area contributed by atoms with Gasteiger partial charge in [-0.15, -0.1) is 0 Å². The molecular formula is C22H28N4O4S. The normalized spacial score (nSPS) is 15.5. The van der Waals surface area contributed by atoms with E-state index in [1.807, 2.05) is 32.9 Å². The maximum Gasteiger partial charge on any atom is 0.244 e. The molecule has 2 amide bonds. The van der Waals surface area contributed by atoms with Crippen molar-refractivity contribution in [2.45, 2.75) is 38.5 Å². The van der Waals surface area contributed by atoms with E-state index in [0.29, 0.717) is 12.8 Å². The fourth-order valence-corrected chi connectivity index (χ4v) is 5.31. The second-order valence-electron chi connectivity index (χ2n) is 7.91. The number of piperidine rings is 1. The highest BCUT2D eigenvalue weighted by atomic mass is 32.2. The van der Waals surface area contributed by atoms with E-state index in [0.717, 1.165) is 22.4 Å². The molecule has 2 N–H and O–H groups in total. The number of aryl methyl sites for hydroxylation is 3. The predicted octanol–water partition coefficient (Wildman–Crippen LogP) is 2.16. The second-order valence-corrected chi connectivity index (χ2v) is 9.84. The molecule has 9 heteroatoms. The monoisotopic (exact) mass is 444 g/mol. The Morgan fingerprint density at radius 1 is 1.13 bits per heavy atom. The van der Waals surface area contributed by atoms with Crippen LogP contribution in [0.15, 0.2) is 41.6 Å². The van der Waals surface area contributed by atoms with Gasteiger partial charge in [0.2, 0.25) is 21.8 Å². The largest absolute Gasteiger partial charge is 0.347 e. The van der Waals surface area contributed by atoms with Crippen LogP contribution in [-0.2, 0) is 19.6 Å². The van der Waals surface area contributed by atoms with Crippen molar-refractivity contribution in [3.63, 3.8) is 0 Å². The number of nitrogens with zero attached hydrogens (tertiary/aromatic N) is 2. The smallest absolute Gasteiger partial charge is 0.244 e. The Morgan fingerprint density at radius 2 is 1.77 bits per heavy atom. The van der Waals surface area contributed by atoms with Gasteiger partial charge in [0.1, 0.15) is 4.90 Å². The fraction of sp³-hybridized carbons (Fsp3) is 0.409. The summed E-state index contributed by atoms with van der Waals surface area (Å²) < 4.78 is 26.7. The maximum absolute atomic E-state index is 12.7. The van der Waals surface area contributed by atoms with Gasteiger partial charge in [-0.1, -0.05) is 17.7 Å². The van der Waals surface area contributed by atoms with Gasteiger partial charge in [0.15, 0.2) is 0 Å². The molecule has 1 saturated heterocycles. The van der Waals surface area contributed by atoms with Crippen molar-refractivity contribution in [1.29, 1.82) is 0 Å². The zero-order chi connectivity index (χ0) is 22.6. The van der Waals surface area contributed by atoms with Crippen molar-refractivity contribution in [1.82, 2.24) is 14.6 Å². The van der Waals surface area contributed by atoms with Gasteiger partial charge in [0.05, 0.1) is 6.54 Å². The Bertz CT molecular complexity index is 1040. The summed E-state index contributed by atoms with van der Waals surface area (Å²) in [6, 6.07) is 7.08. The lowest BCUT2D eigenvalue weighted by atomic mass is 9.97. The summed E-state index contributed by atoms with van der Waals surface area (Å²) in [7, 11) is -3.61. The number of sulfonamides is 1. The molecule has 31 heavy (non-hydrogen) atoms. The Kier molecular flexibility index (Phi) is 7.07. The van der Waals surface area contributed by atoms with Crippen molar-refractivity contribution >= 4 is 27.5 Å². The van der Waals surface area contributed by atoms with Crippen molar-refractivity contribution in [3.8, 4) is 0 Å². The summed E-state index contributed by atoms with van der Waals surface area (Å²) in [5.41, 5.74) is 3.83. The first kappa shape index (κ1) is 22.9. The number of aromatic nitrogens is 1. The van der Waals surface area contributed by atoms with E-state index in [1.165, 1.54) is 22.8 Å². The highest BCUT2D eigenvalue weighted by Crippen LogP contribution is 2.24. The molecule has 2 heterocycles. The van der Waals surface area contributed by atoms with Crippen molar-refractivity contribution < 1.29 is 18.0 Å². The van der Waals surface area contributed by atoms with E-state index < -0.39 is 10.0 Å². The molecule has 3 rings (SSSR count). The number of amides is 2. The number of rotatable bonds is 6. The molecule has 1 fully saturated rings. The standard InChI is InChI=1S/C22H28N4O4S/c1-15-11-16(2)21(17(3)12-15)25-20(27)14-24-22(28)18-6-9-26(10-7-18)31(29,30)19-5-4-8-23-13-19/h4-5,8,11-13,18H,6-7,9-10,14H2,1-3H3,(H,24,28)(H,25,27). The lowest BCUT2D eigenvalue weighted by molar-refractivity contribution is -0.128. The topological polar surface area (TPSA) is 108 Å². The van der Waals surface area contributed by atoms with E-state index in [4.69, 9.17) is 0 Å². The summed E-state index contributed by atoms with van der Waals surface area (Å²) in [4.78, 5) is 28.8. The molecule has 0 saturated carbocycles. The summed E-state index contributed by atoms with van der Waals surface area (Å²) in [6.07, 6.45) is 3.66. The van der Waals surface area contributed by atoms with Gasteiger partial charge in [-0.3, -0.25) is 14.6 Å². The van der Waals surface area contributed by atoms with Crippen LogP contribution < -0.4 is 10.6 Å². The van der Waals surface area contributed by atoms with Crippen molar-refractivity contribution in [2.75, 3.05) is 25.0 Å². The Hall–Kier alpha value is -2.78. The minimum Gasteiger partial charge on any atom is -0.347 e. The van der Waals surface area contributed by atoms with E-state index in [1.54, 1.807) is 6.07 Å². The van der Waals surface area contributed by atoms with E-state index in [-0.39, 0.29) is 42.3 Å². The molecule has 0 aliphatic carbocycles. The first-order chi connectivity index (χ1) is 14.7. The number of carbonyl (C=O) groups excluding carboxylic acids is 2. The molecule has 0 bridgehead atoms. The van der Waals surface area contributed by atoms with Gasteiger partial charge in [-0.25, -0.2) is 8.42 Å². The predicted molar refractivity (Wildman–Crippen MR) is 118 cm³/mol. The fourth-order valence-electron chi connectivity index (χ4n) is 3.88. The van der Waals surface area contributed by atoms with Gasteiger partial charge in [-0.05, 0) is 56.9 Å². The van der Waals surface area contributed by atoms with Crippen molar-refractivity contribution in [2.24, 2.45) is 5.92 Å². The third-order valence-corrected chi connectivity index (χ3v) is 7.34. The van der Waals surface area contributed by atoms with Gasteiger partial charge in [0, 0.05) is 37.1 Å². The highest BCUT2D eigenvalue weighted by Gasteiger charge is 2.32. The Morgan fingerprint density at radius 3 is 2.35 bits per heavy atom. The second kappa shape index (κ2) is 9.57. The van der Waals surface area contributed by atoms with Crippen LogP contribution in [0, 0.1) is 26.7 Å². The lowest BCUT2D eigenvalue weighted by Crippen LogP contribution is -2.44. The molecule has 1 aromatic heterocycles. The van der Waals surface area contributed by atoms with Gasteiger partial charge in [0.25, 0.3) is 0 Å². The average Bonchev–Trinajstić information content (AvgIpc) is 2.75. The van der Waals surface area contributed by atoms with Gasteiger partial charge < -0.3 is 10.6 Å². The molecule has 1 aromatic carbocycles. The van der Waals surface area contributed by atoms with Gasteiger partial charge in [-0.2, -0.15) is 4.31 Å². The zero-order valence-corrected chi connectivity index (χ0v) is 18.8. The number of anilines is 1. The van der Waals surface area contributed by atoms with E-state index in [9.17, 15) is 18.0 Å². The molecule has 0 radical (unpaired) electrons. The summed E-state index contributed by atoms with van der Waals surface area (Å²) >= 11 is 0. The summed E-state index contributed by atoms with van der Waals surface area (Å²) in [6.45, 7) is 6.24. The molecule has 1 aliphatic heterocycles. The first-order valence-corrected chi connectivity index (χ1v) is 11.7. The molecule has 0 atom stereocenters. The van der Waals surface area contributed by atoms with Crippen LogP contribution >= 0.6 is 0 Å². The van der Waals surface area contributed by atoms with Crippen LogP contribution in [0.25, 0.3) is 0 Å². The van der Waals surface area contributed by atoms with E-state index in [2.05, 4.69) is 15.6 Å². The van der Waals surface area contributed by atoms with Gasteiger partial charge >= 0.3 is 0 Å². The van der Waals surface area contributed by atoms with E-state index >= 15 is 0 Å². The number of pyridine rings is 1. The maximum atomic E-state index is 12.7. The molecule has 166 valence electrons. The summed E-state index contributed by atoms with van der Waals surface area (Å²) in [5, 5.41) is 5.54. The third kappa shape index (κ3) is 5.48. The van der Waals surface area contributed by atoms with Crippen LogP contribution in [0.3, 0.4) is 0 Å². The molecule has 0 unspecified atom stereocenters. The van der Waals surface area contributed by atoms with Crippen LogP contribution in [0.1, 0.15) is 29.5 Å². The van der Waals surface area contributed by atoms with Crippen LogP contribution in [0.5, 0.6) is 0 Å². The Balaban J connectivity index is 1.50. The summed E-state index contributed by atoms with van der Waals surface area (Å²) in [5.74, 6) is -0.845. The molecule has 1 aliphatic rings. The zero-order valence-electron chi connectivity index (χ0n) is 18.0. The van der Waals surface area contributed by atoms with Crippen LogP contribution in [-0.4, -0.2) is 49.2 Å². The Labute approximate surface area is 183 Å². The molecule has 8 nitrogen and oxygen atoms in total. The average molecular weight is 445 g/mol. The number of nitrogens with one attached hydrogen (secondary N) is 2. The number of carbonyl (C=O) groups is 2. The highest BCUT2D eigenvalue weighted by molar-refractivity contribution is 7.89. The minimum atomic E-state index is -3.61. The minimum absolute atomic E-state index is 0.125.